The summed E-state index contributed by atoms with van der Waals surface area (Å²) in [4.78, 5) is 24.9. The Hall–Kier alpha value is -3.12. The predicted molar refractivity (Wildman–Crippen MR) is 117 cm³/mol. The number of carbonyl (C=O) groups is 2. The molecule has 1 spiro atoms. The molecule has 0 aromatic heterocycles. The van der Waals surface area contributed by atoms with Crippen molar-refractivity contribution in [2.45, 2.75) is 37.3 Å². The first kappa shape index (κ1) is 19.8. The van der Waals surface area contributed by atoms with E-state index in [-0.39, 0.29) is 23.5 Å². The molecule has 2 aliphatic heterocycles. The van der Waals surface area contributed by atoms with Gasteiger partial charge in [0.2, 0.25) is 5.91 Å². The fourth-order valence-corrected chi connectivity index (χ4v) is 5.16. The molecule has 0 bridgehead atoms. The van der Waals surface area contributed by atoms with E-state index in [1.54, 1.807) is 0 Å². The van der Waals surface area contributed by atoms with E-state index >= 15 is 0 Å². The van der Waals surface area contributed by atoms with E-state index in [0.717, 1.165) is 35.3 Å². The van der Waals surface area contributed by atoms with Gasteiger partial charge < -0.3 is 20.5 Å². The average Bonchev–Trinajstić information content (AvgIpc) is 3.40. The Kier molecular flexibility index (Phi) is 5.02. The number of amides is 2. The summed E-state index contributed by atoms with van der Waals surface area (Å²) in [5, 5.41) is 3.04. The van der Waals surface area contributed by atoms with Gasteiger partial charge in [-0.3, -0.25) is 9.59 Å². The minimum absolute atomic E-state index is 0.195. The van der Waals surface area contributed by atoms with E-state index in [0.29, 0.717) is 31.6 Å². The van der Waals surface area contributed by atoms with Gasteiger partial charge in [-0.25, -0.2) is 0 Å². The largest absolute Gasteiger partial charge is 0.489 e. The fraction of sp³-hybridized carbons (Fsp3) is 0.360. The number of nitrogens with one attached hydrogen (secondary N) is 1. The predicted octanol–water partition coefficient (Wildman–Crippen LogP) is 3.05. The number of primary amides is 1. The van der Waals surface area contributed by atoms with Crippen LogP contribution in [0, 0.1) is 5.92 Å². The van der Waals surface area contributed by atoms with Crippen LogP contribution < -0.4 is 15.8 Å². The maximum atomic E-state index is 12.9. The summed E-state index contributed by atoms with van der Waals surface area (Å²) in [7, 11) is 0. The maximum absolute atomic E-state index is 12.9. The highest BCUT2D eigenvalue weighted by atomic mass is 16.5. The van der Waals surface area contributed by atoms with E-state index < -0.39 is 5.92 Å². The highest BCUT2D eigenvalue weighted by Gasteiger charge is 2.50. The Balaban J connectivity index is 1.32. The van der Waals surface area contributed by atoms with Crippen LogP contribution in [0.15, 0.2) is 54.6 Å². The first-order valence-corrected chi connectivity index (χ1v) is 10.8. The molecule has 31 heavy (non-hydrogen) atoms. The molecule has 1 saturated heterocycles. The lowest BCUT2D eigenvalue weighted by molar-refractivity contribution is -0.122. The standard InChI is InChI=1S/C25H26N2O4/c26-23(28)20-14-25(11-3-12-31-25)15-21(20)27-24(29)17-8-6-16(7-9-17)18-10-13-30-22-5-2-1-4-19(18)22/h1-2,4-10,20-21H,3,11-15H2,(H2,26,28)(H,27,29)/t20-,21+,25+/m0/s1. The number of hydrogen-bond donors (Lipinski definition) is 2. The van der Waals surface area contributed by atoms with Crippen LogP contribution in [0.3, 0.4) is 0 Å². The van der Waals surface area contributed by atoms with Gasteiger partial charge in [0, 0.05) is 23.8 Å². The van der Waals surface area contributed by atoms with Gasteiger partial charge in [0.1, 0.15) is 12.4 Å². The minimum atomic E-state index is -0.398. The van der Waals surface area contributed by atoms with Gasteiger partial charge in [0.15, 0.2) is 0 Å². The van der Waals surface area contributed by atoms with E-state index in [2.05, 4.69) is 11.4 Å². The quantitative estimate of drug-likeness (QED) is 0.799. The minimum Gasteiger partial charge on any atom is -0.489 e. The summed E-state index contributed by atoms with van der Waals surface area (Å²) in [6, 6.07) is 15.2. The Labute approximate surface area is 181 Å². The second-order valence-electron chi connectivity index (χ2n) is 8.63. The zero-order valence-corrected chi connectivity index (χ0v) is 17.3. The average molecular weight is 418 g/mol. The van der Waals surface area contributed by atoms with Crippen molar-refractivity contribution in [3.63, 3.8) is 0 Å². The van der Waals surface area contributed by atoms with Crippen molar-refractivity contribution >= 4 is 17.4 Å². The molecule has 0 radical (unpaired) electrons. The molecule has 0 unspecified atom stereocenters. The van der Waals surface area contributed by atoms with E-state index in [4.69, 9.17) is 15.2 Å². The number of carbonyl (C=O) groups excluding carboxylic acids is 2. The lowest BCUT2D eigenvalue weighted by Gasteiger charge is -2.22. The molecule has 2 heterocycles. The van der Waals surface area contributed by atoms with Crippen LogP contribution in [0.25, 0.3) is 5.57 Å². The Bertz CT molecular complexity index is 1040. The Morgan fingerprint density at radius 2 is 1.87 bits per heavy atom. The van der Waals surface area contributed by atoms with Gasteiger partial charge in [0.25, 0.3) is 5.91 Å². The molecule has 6 heteroatoms. The van der Waals surface area contributed by atoms with Crippen LogP contribution in [0.4, 0.5) is 0 Å². The summed E-state index contributed by atoms with van der Waals surface area (Å²) in [5.74, 6) is -0.105. The molecule has 2 aromatic carbocycles. The van der Waals surface area contributed by atoms with Crippen LogP contribution in [0.2, 0.25) is 0 Å². The molecule has 3 aliphatic rings. The van der Waals surface area contributed by atoms with Crippen molar-refractivity contribution in [1.82, 2.24) is 5.32 Å². The first-order chi connectivity index (χ1) is 15.0. The van der Waals surface area contributed by atoms with Crippen LogP contribution in [-0.4, -0.2) is 36.7 Å². The Morgan fingerprint density at radius 1 is 1.06 bits per heavy atom. The summed E-state index contributed by atoms with van der Waals surface area (Å²) in [6.07, 6.45) is 5.17. The Morgan fingerprint density at radius 3 is 2.61 bits per heavy atom. The van der Waals surface area contributed by atoms with Crippen molar-refractivity contribution in [3.8, 4) is 5.75 Å². The number of nitrogens with two attached hydrogens (primary N) is 1. The summed E-state index contributed by atoms with van der Waals surface area (Å²) >= 11 is 0. The van der Waals surface area contributed by atoms with E-state index in [9.17, 15) is 9.59 Å². The van der Waals surface area contributed by atoms with Gasteiger partial charge >= 0.3 is 0 Å². The molecular formula is C25H26N2O4. The summed E-state index contributed by atoms with van der Waals surface area (Å²) in [6.45, 7) is 1.23. The topological polar surface area (TPSA) is 90.7 Å². The normalized spacial score (nSPS) is 26.8. The molecule has 1 saturated carbocycles. The van der Waals surface area contributed by atoms with Gasteiger partial charge in [0.05, 0.1) is 11.5 Å². The maximum Gasteiger partial charge on any atom is 0.251 e. The molecule has 160 valence electrons. The number of benzene rings is 2. The van der Waals surface area contributed by atoms with Crippen molar-refractivity contribution < 1.29 is 19.1 Å². The molecular weight excluding hydrogens is 392 g/mol. The highest BCUT2D eigenvalue weighted by Crippen LogP contribution is 2.44. The monoisotopic (exact) mass is 418 g/mol. The van der Waals surface area contributed by atoms with Crippen molar-refractivity contribution in [1.29, 1.82) is 0 Å². The highest BCUT2D eigenvalue weighted by molar-refractivity contribution is 5.95. The summed E-state index contributed by atoms with van der Waals surface area (Å²) < 4.78 is 11.6. The number of fused-ring (bicyclic) bond motifs is 1. The molecule has 2 amide bonds. The fourth-order valence-electron chi connectivity index (χ4n) is 5.16. The van der Waals surface area contributed by atoms with E-state index in [1.165, 1.54) is 0 Å². The van der Waals surface area contributed by atoms with Gasteiger partial charge in [-0.05, 0) is 61.1 Å². The molecule has 3 N–H and O–H groups in total. The molecule has 5 rings (SSSR count). The van der Waals surface area contributed by atoms with Crippen molar-refractivity contribution in [3.05, 3.63) is 71.3 Å². The smallest absolute Gasteiger partial charge is 0.251 e. The van der Waals surface area contributed by atoms with Crippen LogP contribution in [-0.2, 0) is 9.53 Å². The van der Waals surface area contributed by atoms with Crippen molar-refractivity contribution in [2.75, 3.05) is 13.2 Å². The third kappa shape index (κ3) is 3.72. The zero-order chi connectivity index (χ0) is 21.4. The van der Waals surface area contributed by atoms with Gasteiger partial charge in [-0.2, -0.15) is 0 Å². The number of hydrogen-bond acceptors (Lipinski definition) is 4. The number of rotatable bonds is 4. The van der Waals surface area contributed by atoms with Crippen molar-refractivity contribution in [2.24, 2.45) is 11.7 Å². The van der Waals surface area contributed by atoms with Crippen LogP contribution >= 0.6 is 0 Å². The second-order valence-corrected chi connectivity index (χ2v) is 8.63. The molecule has 3 atom stereocenters. The molecule has 2 aromatic rings. The zero-order valence-electron chi connectivity index (χ0n) is 17.3. The van der Waals surface area contributed by atoms with Gasteiger partial charge in [-0.1, -0.05) is 30.3 Å². The van der Waals surface area contributed by atoms with Crippen LogP contribution in [0.1, 0.15) is 47.2 Å². The molecule has 6 nitrogen and oxygen atoms in total. The SMILES string of the molecule is NC(=O)[C@H]1C[C@]2(CCCO2)C[C@H]1NC(=O)c1ccc(C2=CCOc3ccccc32)cc1. The second kappa shape index (κ2) is 7.85. The first-order valence-electron chi connectivity index (χ1n) is 10.8. The third-order valence-electron chi connectivity index (χ3n) is 6.70. The molecule has 1 aliphatic carbocycles. The summed E-state index contributed by atoms with van der Waals surface area (Å²) in [5.41, 5.74) is 9.04. The van der Waals surface area contributed by atoms with Gasteiger partial charge in [-0.15, -0.1) is 0 Å². The number of ether oxygens (including phenoxy) is 2. The lowest BCUT2D eigenvalue weighted by Crippen LogP contribution is -2.42. The van der Waals surface area contributed by atoms with E-state index in [1.807, 2.05) is 48.5 Å². The van der Waals surface area contributed by atoms with Crippen LogP contribution in [0.5, 0.6) is 5.75 Å². The number of para-hydroxylation sites is 1. The molecule has 2 fully saturated rings. The third-order valence-corrected chi connectivity index (χ3v) is 6.70. The lowest BCUT2D eigenvalue weighted by atomic mass is 9.94.